The highest BCUT2D eigenvalue weighted by Crippen LogP contribution is 2.17. The molecule has 27 heavy (non-hydrogen) atoms. The largest absolute Gasteiger partial charge is 0.357 e. The van der Waals surface area contributed by atoms with Crippen LogP contribution in [0.1, 0.15) is 29.9 Å². The monoisotopic (exact) mass is 407 g/mol. The van der Waals surface area contributed by atoms with Gasteiger partial charge in [-0.3, -0.25) is 0 Å². The number of sulfone groups is 1. The van der Waals surface area contributed by atoms with Gasteiger partial charge >= 0.3 is 0 Å². The Kier molecular flexibility index (Phi) is 7.86. The first-order valence-corrected chi connectivity index (χ1v) is 11.9. The van der Waals surface area contributed by atoms with Crippen LogP contribution in [0.4, 0.5) is 0 Å². The predicted molar refractivity (Wildman–Crippen MR) is 114 cm³/mol. The molecule has 5 nitrogen and oxygen atoms in total. The van der Waals surface area contributed by atoms with Crippen LogP contribution in [0.15, 0.2) is 45.6 Å². The normalized spacial score (nSPS) is 13.4. The van der Waals surface area contributed by atoms with Crippen LogP contribution in [0.25, 0.3) is 0 Å². The van der Waals surface area contributed by atoms with E-state index >= 15 is 0 Å². The highest BCUT2D eigenvalue weighted by molar-refractivity contribution is 7.90. The Labute approximate surface area is 166 Å². The lowest BCUT2D eigenvalue weighted by atomic mass is 10.1. The fourth-order valence-electron chi connectivity index (χ4n) is 2.85. The molecule has 1 aromatic carbocycles. The molecule has 0 bridgehead atoms. The summed E-state index contributed by atoms with van der Waals surface area (Å²) < 4.78 is 23.5. The Balaban J connectivity index is 1.97. The van der Waals surface area contributed by atoms with Crippen molar-refractivity contribution < 1.29 is 8.42 Å². The minimum Gasteiger partial charge on any atom is -0.357 e. The molecule has 1 atom stereocenters. The summed E-state index contributed by atoms with van der Waals surface area (Å²) in [5.74, 6) is 1.28. The van der Waals surface area contributed by atoms with Gasteiger partial charge in [0, 0.05) is 24.2 Å². The van der Waals surface area contributed by atoms with Crippen LogP contribution in [-0.2, 0) is 22.8 Å². The number of thiophene rings is 1. The number of aliphatic imine (C=N–C) groups is 1. The van der Waals surface area contributed by atoms with Crippen LogP contribution >= 0.6 is 11.3 Å². The van der Waals surface area contributed by atoms with Crippen LogP contribution in [0.2, 0.25) is 0 Å². The molecule has 1 aromatic heterocycles. The smallest absolute Gasteiger partial charge is 0.191 e. The van der Waals surface area contributed by atoms with E-state index in [4.69, 9.17) is 0 Å². The lowest BCUT2D eigenvalue weighted by Gasteiger charge is -2.15. The van der Waals surface area contributed by atoms with Gasteiger partial charge in [-0.25, -0.2) is 13.4 Å². The molecule has 0 saturated carbocycles. The fraction of sp³-hybridized carbons (Fsp3) is 0.450. The Bertz CT molecular complexity index is 859. The molecule has 148 valence electrons. The third kappa shape index (κ3) is 6.99. The van der Waals surface area contributed by atoms with Crippen LogP contribution in [0.3, 0.4) is 0 Å². The second-order valence-electron chi connectivity index (χ2n) is 6.84. The van der Waals surface area contributed by atoms with Gasteiger partial charge in [-0.05, 0) is 54.8 Å². The topological polar surface area (TPSA) is 70.6 Å². The average Bonchev–Trinajstić information content (AvgIpc) is 3.09. The predicted octanol–water partition coefficient (Wildman–Crippen LogP) is 3.39. The zero-order valence-electron chi connectivity index (χ0n) is 16.5. The van der Waals surface area contributed by atoms with E-state index in [1.54, 1.807) is 17.4 Å². The van der Waals surface area contributed by atoms with Crippen molar-refractivity contribution in [2.75, 3.05) is 19.3 Å². The molecule has 0 aliphatic rings. The second-order valence-corrected chi connectivity index (χ2v) is 9.85. The summed E-state index contributed by atoms with van der Waals surface area (Å²) in [4.78, 5) is 6.41. The van der Waals surface area contributed by atoms with E-state index in [0.717, 1.165) is 36.6 Å². The molecule has 7 heteroatoms. The maximum atomic E-state index is 11.7. The molecule has 0 aliphatic carbocycles. The van der Waals surface area contributed by atoms with Gasteiger partial charge in [-0.2, -0.15) is 0 Å². The van der Waals surface area contributed by atoms with E-state index in [0.29, 0.717) is 17.4 Å². The summed E-state index contributed by atoms with van der Waals surface area (Å²) in [6.45, 7) is 8.21. The summed E-state index contributed by atoms with van der Waals surface area (Å²) in [5.41, 5.74) is 1.75. The van der Waals surface area contributed by atoms with E-state index in [2.05, 4.69) is 40.1 Å². The quantitative estimate of drug-likeness (QED) is 0.520. The van der Waals surface area contributed by atoms with Crippen LogP contribution < -0.4 is 10.6 Å². The zero-order valence-corrected chi connectivity index (χ0v) is 18.1. The van der Waals surface area contributed by atoms with Crippen LogP contribution in [-0.4, -0.2) is 33.7 Å². The number of nitrogens with zero attached hydrogens (tertiary/aromatic N) is 1. The Morgan fingerprint density at radius 2 is 2.04 bits per heavy atom. The third-order valence-electron chi connectivity index (χ3n) is 4.15. The first kappa shape index (κ1) is 21.4. The summed E-state index contributed by atoms with van der Waals surface area (Å²) in [6.07, 6.45) is 2.29. The minimum atomic E-state index is -3.19. The van der Waals surface area contributed by atoms with Crippen molar-refractivity contribution in [1.29, 1.82) is 0 Å². The van der Waals surface area contributed by atoms with E-state index in [1.807, 2.05) is 26.0 Å². The number of hydrogen-bond donors (Lipinski definition) is 2. The zero-order chi connectivity index (χ0) is 19.9. The van der Waals surface area contributed by atoms with Crippen LogP contribution in [0.5, 0.6) is 0 Å². The van der Waals surface area contributed by atoms with Gasteiger partial charge in [0.1, 0.15) is 0 Å². The maximum absolute atomic E-state index is 11.7. The SMILES string of the molecule is CCNC(=NCc1ccc(S(C)(=O)=O)c(C)c1)NCC(C)Cc1cccs1. The van der Waals surface area contributed by atoms with Gasteiger partial charge in [-0.15, -0.1) is 11.3 Å². The number of nitrogens with one attached hydrogen (secondary N) is 2. The van der Waals surface area contributed by atoms with Crippen molar-refractivity contribution >= 4 is 27.1 Å². The highest BCUT2D eigenvalue weighted by Gasteiger charge is 2.11. The lowest BCUT2D eigenvalue weighted by Crippen LogP contribution is -2.39. The molecule has 2 N–H and O–H groups in total. The Morgan fingerprint density at radius 3 is 2.63 bits per heavy atom. The van der Waals surface area contributed by atoms with Crippen molar-refractivity contribution in [3.8, 4) is 0 Å². The molecule has 0 fully saturated rings. The third-order valence-corrected chi connectivity index (χ3v) is 6.31. The van der Waals surface area contributed by atoms with E-state index < -0.39 is 9.84 Å². The first-order chi connectivity index (χ1) is 12.8. The van der Waals surface area contributed by atoms with Crippen molar-refractivity contribution in [2.24, 2.45) is 10.9 Å². The molecule has 1 heterocycles. The van der Waals surface area contributed by atoms with Gasteiger partial charge in [0.2, 0.25) is 0 Å². The first-order valence-electron chi connectivity index (χ1n) is 9.13. The van der Waals surface area contributed by atoms with Gasteiger partial charge in [-0.1, -0.05) is 25.1 Å². The molecule has 1 unspecified atom stereocenters. The van der Waals surface area contributed by atoms with Crippen LogP contribution in [0, 0.1) is 12.8 Å². The molecule has 0 spiro atoms. The fourth-order valence-corrected chi connectivity index (χ4v) is 4.68. The number of guanidine groups is 1. The number of aryl methyl sites for hydroxylation is 1. The van der Waals surface area contributed by atoms with Gasteiger partial charge in [0.25, 0.3) is 0 Å². The summed E-state index contributed by atoms with van der Waals surface area (Å²) >= 11 is 1.79. The molecular formula is C20H29N3O2S2. The van der Waals surface area contributed by atoms with Crippen molar-refractivity contribution in [2.45, 2.75) is 38.6 Å². The highest BCUT2D eigenvalue weighted by atomic mass is 32.2. The Hall–Kier alpha value is -1.86. The molecule has 0 amide bonds. The Morgan fingerprint density at radius 1 is 1.26 bits per heavy atom. The molecule has 2 rings (SSSR count). The molecule has 2 aromatic rings. The van der Waals surface area contributed by atoms with E-state index in [9.17, 15) is 8.42 Å². The summed E-state index contributed by atoms with van der Waals surface area (Å²) in [7, 11) is -3.19. The maximum Gasteiger partial charge on any atom is 0.191 e. The van der Waals surface area contributed by atoms with Gasteiger partial charge in [0.05, 0.1) is 11.4 Å². The standard InChI is InChI=1S/C20H29N3O2S2/c1-5-21-20(22-13-15(2)11-18-7-6-10-26-18)23-14-17-8-9-19(16(3)12-17)27(4,24)25/h6-10,12,15H,5,11,13-14H2,1-4H3,(H2,21,22,23). The van der Waals surface area contributed by atoms with Crippen molar-refractivity contribution in [3.63, 3.8) is 0 Å². The lowest BCUT2D eigenvalue weighted by molar-refractivity contribution is 0.562. The number of hydrogen-bond acceptors (Lipinski definition) is 4. The van der Waals surface area contributed by atoms with E-state index in [-0.39, 0.29) is 0 Å². The summed E-state index contributed by atoms with van der Waals surface area (Å²) in [5, 5.41) is 8.77. The molecule has 0 saturated heterocycles. The van der Waals surface area contributed by atoms with Gasteiger partial charge < -0.3 is 10.6 Å². The number of benzene rings is 1. The van der Waals surface area contributed by atoms with Crippen molar-refractivity contribution in [3.05, 3.63) is 51.7 Å². The average molecular weight is 408 g/mol. The summed E-state index contributed by atoms with van der Waals surface area (Å²) in [6, 6.07) is 9.64. The molecule has 0 aliphatic heterocycles. The molecular weight excluding hydrogens is 378 g/mol. The molecule has 0 radical (unpaired) electrons. The van der Waals surface area contributed by atoms with E-state index in [1.165, 1.54) is 11.1 Å². The van der Waals surface area contributed by atoms with Crippen molar-refractivity contribution in [1.82, 2.24) is 10.6 Å². The second kappa shape index (κ2) is 9.90. The number of rotatable bonds is 8. The minimum absolute atomic E-state index is 0.377. The van der Waals surface area contributed by atoms with Gasteiger partial charge in [0.15, 0.2) is 15.8 Å².